The number of ether oxygens (including phenoxy) is 3. The molecule has 0 aliphatic heterocycles. The summed E-state index contributed by atoms with van der Waals surface area (Å²) in [6, 6.07) is 0. The van der Waals surface area contributed by atoms with E-state index in [2.05, 4.69) is 0 Å². The molecule has 0 atom stereocenters. The number of carbonyl (C=O) groups excluding carboxylic acids is 1. The molecule has 0 N–H and O–H groups in total. The summed E-state index contributed by atoms with van der Waals surface area (Å²) < 4.78 is 15.4. The Morgan fingerprint density at radius 3 is 1.88 bits per heavy atom. The van der Waals surface area contributed by atoms with E-state index in [9.17, 15) is 4.79 Å². The Labute approximate surface area is 104 Å². The minimum absolute atomic E-state index is 0.0333. The Morgan fingerprint density at radius 2 is 1.53 bits per heavy atom. The summed E-state index contributed by atoms with van der Waals surface area (Å²) in [6.07, 6.45) is 0. The Hall–Kier alpha value is -0.650. The van der Waals surface area contributed by atoms with Gasteiger partial charge in [-0.05, 0) is 20.8 Å². The molecule has 0 saturated heterocycles. The van der Waals surface area contributed by atoms with Crippen molar-refractivity contribution in [1.82, 2.24) is 4.90 Å². The Kier molecular flexibility index (Phi) is 8.12. The van der Waals surface area contributed by atoms with Crippen LogP contribution in [-0.2, 0) is 19.0 Å². The summed E-state index contributed by atoms with van der Waals surface area (Å²) in [5, 5.41) is 0. The number of hydrogen-bond acceptors (Lipinski definition) is 4. The van der Waals surface area contributed by atoms with Crippen LogP contribution < -0.4 is 0 Å². The average molecular weight is 247 g/mol. The standard InChI is InChI=1S/C12H25NO4/c1-12(2,3)17-10-11(14)13(6-8-15-4)7-9-16-5/h6-10H2,1-5H3. The van der Waals surface area contributed by atoms with Gasteiger partial charge in [0.2, 0.25) is 5.91 Å². The Morgan fingerprint density at radius 1 is 1.06 bits per heavy atom. The van der Waals surface area contributed by atoms with E-state index in [1.165, 1.54) is 0 Å². The lowest BCUT2D eigenvalue weighted by Gasteiger charge is -2.25. The number of methoxy groups -OCH3 is 2. The van der Waals surface area contributed by atoms with E-state index >= 15 is 0 Å². The molecule has 0 unspecified atom stereocenters. The van der Waals surface area contributed by atoms with Crippen LogP contribution in [0.15, 0.2) is 0 Å². The van der Waals surface area contributed by atoms with Gasteiger partial charge in [-0.3, -0.25) is 4.79 Å². The summed E-state index contributed by atoms with van der Waals surface area (Å²) in [6.45, 7) is 8.03. The van der Waals surface area contributed by atoms with Crippen LogP contribution in [0.5, 0.6) is 0 Å². The zero-order valence-electron chi connectivity index (χ0n) is 11.6. The molecule has 0 aromatic carbocycles. The van der Waals surface area contributed by atoms with Gasteiger partial charge in [0.1, 0.15) is 6.61 Å². The van der Waals surface area contributed by atoms with Gasteiger partial charge >= 0.3 is 0 Å². The number of amides is 1. The molecule has 0 aliphatic carbocycles. The van der Waals surface area contributed by atoms with Crippen LogP contribution in [0.4, 0.5) is 0 Å². The molecule has 0 rings (SSSR count). The zero-order valence-corrected chi connectivity index (χ0v) is 11.6. The van der Waals surface area contributed by atoms with Crippen LogP contribution in [0.25, 0.3) is 0 Å². The number of hydrogen-bond donors (Lipinski definition) is 0. The van der Waals surface area contributed by atoms with Crippen LogP contribution in [0, 0.1) is 0 Å². The predicted molar refractivity (Wildman–Crippen MR) is 66.0 cm³/mol. The molecule has 0 aliphatic rings. The minimum Gasteiger partial charge on any atom is -0.383 e. The Bertz CT molecular complexity index is 205. The molecule has 0 saturated carbocycles. The van der Waals surface area contributed by atoms with Gasteiger partial charge < -0.3 is 19.1 Å². The van der Waals surface area contributed by atoms with Gasteiger partial charge in [-0.25, -0.2) is 0 Å². The molecule has 0 bridgehead atoms. The van der Waals surface area contributed by atoms with Gasteiger partial charge in [-0.1, -0.05) is 0 Å². The lowest BCUT2D eigenvalue weighted by Crippen LogP contribution is -2.40. The maximum Gasteiger partial charge on any atom is 0.248 e. The minimum atomic E-state index is -0.302. The highest BCUT2D eigenvalue weighted by atomic mass is 16.5. The largest absolute Gasteiger partial charge is 0.383 e. The summed E-state index contributed by atoms with van der Waals surface area (Å²) in [7, 11) is 3.23. The highest BCUT2D eigenvalue weighted by Crippen LogP contribution is 2.06. The molecule has 0 aromatic rings. The smallest absolute Gasteiger partial charge is 0.248 e. The van der Waals surface area contributed by atoms with E-state index in [4.69, 9.17) is 14.2 Å². The number of rotatable bonds is 8. The van der Waals surface area contributed by atoms with E-state index in [1.54, 1.807) is 19.1 Å². The quantitative estimate of drug-likeness (QED) is 0.640. The second-order valence-electron chi connectivity index (χ2n) is 4.77. The predicted octanol–water partition coefficient (Wildman–Crippen LogP) is 0.923. The first-order valence-corrected chi connectivity index (χ1v) is 5.80. The first kappa shape index (κ1) is 16.4. The molecule has 102 valence electrons. The second kappa shape index (κ2) is 8.44. The van der Waals surface area contributed by atoms with Crippen LogP contribution in [0.2, 0.25) is 0 Å². The molecular formula is C12H25NO4. The van der Waals surface area contributed by atoms with Crippen molar-refractivity contribution in [3.05, 3.63) is 0 Å². The Balaban J connectivity index is 4.11. The molecular weight excluding hydrogens is 222 g/mol. The fourth-order valence-electron chi connectivity index (χ4n) is 1.13. The second-order valence-corrected chi connectivity index (χ2v) is 4.77. The van der Waals surface area contributed by atoms with Crippen molar-refractivity contribution in [1.29, 1.82) is 0 Å². The summed E-state index contributed by atoms with van der Waals surface area (Å²) >= 11 is 0. The van der Waals surface area contributed by atoms with Gasteiger partial charge in [0.05, 0.1) is 18.8 Å². The summed E-state index contributed by atoms with van der Waals surface area (Å²) in [5.74, 6) is -0.0333. The molecule has 0 spiro atoms. The third-order valence-electron chi connectivity index (χ3n) is 2.11. The number of nitrogens with zero attached hydrogens (tertiary/aromatic N) is 1. The average Bonchev–Trinajstić information content (AvgIpc) is 2.25. The van der Waals surface area contributed by atoms with Crippen molar-refractivity contribution >= 4 is 5.91 Å². The van der Waals surface area contributed by atoms with Gasteiger partial charge in [-0.15, -0.1) is 0 Å². The third-order valence-corrected chi connectivity index (χ3v) is 2.11. The van der Waals surface area contributed by atoms with Crippen molar-refractivity contribution in [3.63, 3.8) is 0 Å². The van der Waals surface area contributed by atoms with Gasteiger partial charge in [0.15, 0.2) is 0 Å². The van der Waals surface area contributed by atoms with E-state index in [1.807, 2.05) is 20.8 Å². The van der Waals surface area contributed by atoms with Crippen LogP contribution in [0.1, 0.15) is 20.8 Å². The molecule has 0 fully saturated rings. The van der Waals surface area contributed by atoms with Gasteiger partial charge in [0, 0.05) is 27.3 Å². The first-order valence-electron chi connectivity index (χ1n) is 5.80. The summed E-state index contributed by atoms with van der Waals surface area (Å²) in [4.78, 5) is 13.6. The molecule has 17 heavy (non-hydrogen) atoms. The van der Waals surface area contributed by atoms with Crippen molar-refractivity contribution in [2.45, 2.75) is 26.4 Å². The fraction of sp³-hybridized carbons (Fsp3) is 0.917. The van der Waals surface area contributed by atoms with E-state index < -0.39 is 0 Å². The lowest BCUT2D eigenvalue weighted by molar-refractivity contribution is -0.142. The van der Waals surface area contributed by atoms with Crippen molar-refractivity contribution < 1.29 is 19.0 Å². The van der Waals surface area contributed by atoms with E-state index in [0.717, 1.165) is 0 Å². The summed E-state index contributed by atoms with van der Waals surface area (Å²) in [5.41, 5.74) is -0.302. The molecule has 0 heterocycles. The van der Waals surface area contributed by atoms with Crippen LogP contribution >= 0.6 is 0 Å². The van der Waals surface area contributed by atoms with Gasteiger partial charge in [-0.2, -0.15) is 0 Å². The maximum absolute atomic E-state index is 11.9. The highest BCUT2D eigenvalue weighted by molar-refractivity contribution is 5.77. The molecule has 5 heteroatoms. The molecule has 0 radical (unpaired) electrons. The van der Waals surface area contributed by atoms with Gasteiger partial charge in [0.25, 0.3) is 0 Å². The topological polar surface area (TPSA) is 48.0 Å². The van der Waals surface area contributed by atoms with Crippen LogP contribution in [-0.4, -0.2) is 63.5 Å². The lowest BCUT2D eigenvalue weighted by atomic mass is 10.2. The van der Waals surface area contributed by atoms with E-state index in [0.29, 0.717) is 26.3 Å². The fourth-order valence-corrected chi connectivity index (χ4v) is 1.13. The SMILES string of the molecule is COCCN(CCOC)C(=O)COC(C)(C)C. The molecule has 5 nitrogen and oxygen atoms in total. The van der Waals surface area contributed by atoms with E-state index in [-0.39, 0.29) is 18.1 Å². The first-order chi connectivity index (χ1) is 7.90. The number of carbonyl (C=O) groups is 1. The third kappa shape index (κ3) is 9.09. The van der Waals surface area contributed by atoms with Crippen molar-refractivity contribution in [3.8, 4) is 0 Å². The highest BCUT2D eigenvalue weighted by Gasteiger charge is 2.17. The monoisotopic (exact) mass is 247 g/mol. The normalized spacial score (nSPS) is 11.6. The van der Waals surface area contributed by atoms with Crippen molar-refractivity contribution in [2.75, 3.05) is 47.1 Å². The zero-order chi connectivity index (χ0) is 13.3. The maximum atomic E-state index is 11.9. The molecule has 0 aromatic heterocycles. The molecule has 1 amide bonds. The van der Waals surface area contributed by atoms with Crippen molar-refractivity contribution in [2.24, 2.45) is 0 Å². The van der Waals surface area contributed by atoms with Crippen LogP contribution in [0.3, 0.4) is 0 Å².